The number of nitrogens with zero attached hydrogens (tertiary/aromatic N) is 2. The van der Waals surface area contributed by atoms with Crippen molar-refractivity contribution in [3.05, 3.63) is 69.2 Å². The van der Waals surface area contributed by atoms with E-state index in [9.17, 15) is 14.7 Å². The molecule has 2 aromatic rings. The van der Waals surface area contributed by atoms with Crippen LogP contribution in [0, 0.1) is 0 Å². The number of aliphatic hydroxyl groups is 1. The van der Waals surface area contributed by atoms with Gasteiger partial charge in [0.2, 0.25) is 0 Å². The van der Waals surface area contributed by atoms with E-state index in [-0.39, 0.29) is 16.4 Å². The van der Waals surface area contributed by atoms with Crippen LogP contribution in [-0.2, 0) is 14.3 Å². The Labute approximate surface area is 208 Å². The lowest BCUT2D eigenvalue weighted by Crippen LogP contribution is -2.38. The minimum Gasteiger partial charge on any atom is -0.507 e. The van der Waals surface area contributed by atoms with Crippen molar-refractivity contribution in [3.8, 4) is 5.75 Å². The van der Waals surface area contributed by atoms with Crippen molar-refractivity contribution in [2.24, 2.45) is 0 Å². The van der Waals surface area contributed by atoms with Gasteiger partial charge in [-0.3, -0.25) is 14.5 Å². The van der Waals surface area contributed by atoms with Crippen molar-refractivity contribution in [1.82, 2.24) is 9.80 Å². The second-order valence-corrected chi connectivity index (χ2v) is 9.05. The highest BCUT2D eigenvalue weighted by Crippen LogP contribution is 2.40. The van der Waals surface area contributed by atoms with E-state index < -0.39 is 17.7 Å². The summed E-state index contributed by atoms with van der Waals surface area (Å²) in [6.45, 7) is 4.21. The molecule has 2 saturated heterocycles. The summed E-state index contributed by atoms with van der Waals surface area (Å²) in [6, 6.07) is 10.9. The van der Waals surface area contributed by atoms with E-state index >= 15 is 0 Å². The molecule has 2 aromatic carbocycles. The summed E-state index contributed by atoms with van der Waals surface area (Å²) in [5.74, 6) is -1.23. The fraction of sp³-hybridized carbons (Fsp3) is 0.360. The lowest BCUT2D eigenvalue weighted by Gasteiger charge is -2.29. The van der Waals surface area contributed by atoms with Gasteiger partial charge in [-0.25, -0.2) is 0 Å². The second-order valence-electron chi connectivity index (χ2n) is 8.20. The number of likely N-dealkylation sites (tertiary alicyclic amines) is 1. The molecule has 1 N–H and O–H groups in total. The van der Waals surface area contributed by atoms with Crippen molar-refractivity contribution in [2.75, 3.05) is 46.5 Å². The first-order chi connectivity index (χ1) is 16.4. The number of ether oxygens (including phenoxy) is 2. The number of hydrogen-bond donors (Lipinski definition) is 1. The molecule has 0 spiro atoms. The minimum absolute atomic E-state index is 0.0138. The molecule has 9 heteroatoms. The molecule has 2 fully saturated rings. The molecule has 2 aliphatic rings. The van der Waals surface area contributed by atoms with Crippen LogP contribution in [0.1, 0.15) is 23.6 Å². The van der Waals surface area contributed by atoms with Crippen molar-refractivity contribution >= 4 is 40.7 Å². The zero-order valence-electron chi connectivity index (χ0n) is 18.8. The summed E-state index contributed by atoms with van der Waals surface area (Å²) in [7, 11) is 1.49. The predicted molar refractivity (Wildman–Crippen MR) is 130 cm³/mol. The first-order valence-corrected chi connectivity index (χ1v) is 11.8. The van der Waals surface area contributed by atoms with Crippen LogP contribution in [0.5, 0.6) is 5.75 Å². The maximum Gasteiger partial charge on any atom is 0.295 e. The third kappa shape index (κ3) is 5.08. The van der Waals surface area contributed by atoms with E-state index in [1.54, 1.807) is 36.4 Å². The number of Topliss-reactive ketones (excluding diaryl/α,β-unsaturated/α-hetero) is 1. The molecule has 0 aromatic heterocycles. The first kappa shape index (κ1) is 24.5. The van der Waals surface area contributed by atoms with E-state index in [1.807, 2.05) is 0 Å². The van der Waals surface area contributed by atoms with Crippen LogP contribution in [0.4, 0.5) is 0 Å². The van der Waals surface area contributed by atoms with Crippen LogP contribution < -0.4 is 4.74 Å². The fourth-order valence-electron chi connectivity index (χ4n) is 4.39. The summed E-state index contributed by atoms with van der Waals surface area (Å²) >= 11 is 12.5. The van der Waals surface area contributed by atoms with E-state index in [4.69, 9.17) is 32.7 Å². The number of ketones is 1. The zero-order valence-corrected chi connectivity index (χ0v) is 20.3. The summed E-state index contributed by atoms with van der Waals surface area (Å²) in [4.78, 5) is 30.0. The maximum atomic E-state index is 13.1. The zero-order chi connectivity index (χ0) is 24.2. The summed E-state index contributed by atoms with van der Waals surface area (Å²) in [5.41, 5.74) is 0.989. The van der Waals surface area contributed by atoms with Gasteiger partial charge in [-0.05, 0) is 42.3 Å². The second kappa shape index (κ2) is 10.8. The fourth-order valence-corrected chi connectivity index (χ4v) is 4.85. The average Bonchev–Trinajstić information content (AvgIpc) is 3.09. The van der Waals surface area contributed by atoms with Crippen LogP contribution in [0.3, 0.4) is 0 Å². The monoisotopic (exact) mass is 504 g/mol. The van der Waals surface area contributed by atoms with Gasteiger partial charge < -0.3 is 19.5 Å². The van der Waals surface area contributed by atoms with Gasteiger partial charge in [-0.15, -0.1) is 0 Å². The average molecular weight is 505 g/mol. The molecule has 0 radical (unpaired) electrons. The number of carbonyl (C=O) groups is 2. The highest BCUT2D eigenvalue weighted by Gasteiger charge is 2.45. The van der Waals surface area contributed by atoms with Crippen molar-refractivity contribution in [2.45, 2.75) is 12.5 Å². The Balaban J connectivity index is 1.69. The molecule has 0 saturated carbocycles. The van der Waals surface area contributed by atoms with Gasteiger partial charge in [0.15, 0.2) is 0 Å². The SMILES string of the molecule is COc1ccc(/C(O)=C2\C(=O)C(=O)N(CCCN3CCOCC3)[C@H]2c2cccc(Cl)c2)cc1Cl. The van der Waals surface area contributed by atoms with Gasteiger partial charge in [0.1, 0.15) is 11.5 Å². The van der Waals surface area contributed by atoms with Crippen molar-refractivity contribution in [3.63, 3.8) is 0 Å². The van der Waals surface area contributed by atoms with Gasteiger partial charge in [0, 0.05) is 36.8 Å². The van der Waals surface area contributed by atoms with E-state index in [1.165, 1.54) is 18.1 Å². The molecule has 34 heavy (non-hydrogen) atoms. The standard InChI is InChI=1S/C25H26Cl2N2O5/c1-33-20-7-6-17(15-19(20)27)23(30)21-22(16-4-2-5-18(26)14-16)29(25(32)24(21)31)9-3-8-28-10-12-34-13-11-28/h2,4-7,14-15,22,30H,3,8-13H2,1H3/b23-21+/t22-/m0/s1. The highest BCUT2D eigenvalue weighted by molar-refractivity contribution is 6.46. The van der Waals surface area contributed by atoms with E-state index in [0.29, 0.717) is 48.1 Å². The van der Waals surface area contributed by atoms with Crippen molar-refractivity contribution < 1.29 is 24.2 Å². The Kier molecular flexibility index (Phi) is 7.78. The number of halogens is 2. The Morgan fingerprint density at radius 1 is 1.12 bits per heavy atom. The third-order valence-electron chi connectivity index (χ3n) is 6.11. The number of aliphatic hydroxyl groups excluding tert-OH is 1. The van der Waals surface area contributed by atoms with Gasteiger partial charge >= 0.3 is 0 Å². The molecule has 0 unspecified atom stereocenters. The third-order valence-corrected chi connectivity index (χ3v) is 6.64. The predicted octanol–water partition coefficient (Wildman–Crippen LogP) is 4.15. The summed E-state index contributed by atoms with van der Waals surface area (Å²) < 4.78 is 10.6. The number of methoxy groups -OCH3 is 1. The Bertz CT molecular complexity index is 1110. The molecule has 7 nitrogen and oxygen atoms in total. The Hall–Kier alpha value is -2.58. The molecule has 180 valence electrons. The van der Waals surface area contributed by atoms with Crippen LogP contribution in [-0.4, -0.2) is 73.1 Å². The number of morpholine rings is 1. The molecule has 0 bridgehead atoms. The van der Waals surface area contributed by atoms with Crippen LogP contribution in [0.25, 0.3) is 5.76 Å². The van der Waals surface area contributed by atoms with Crippen LogP contribution >= 0.6 is 23.2 Å². The van der Waals surface area contributed by atoms with Crippen molar-refractivity contribution in [1.29, 1.82) is 0 Å². The molecule has 1 atom stereocenters. The number of hydrogen-bond acceptors (Lipinski definition) is 6. The Morgan fingerprint density at radius 3 is 2.56 bits per heavy atom. The molecule has 2 heterocycles. The maximum absolute atomic E-state index is 13.1. The highest BCUT2D eigenvalue weighted by atomic mass is 35.5. The van der Waals surface area contributed by atoms with Gasteiger partial charge in [0.25, 0.3) is 11.7 Å². The largest absolute Gasteiger partial charge is 0.507 e. The molecule has 1 amide bonds. The van der Waals surface area contributed by atoms with Crippen LogP contribution in [0.2, 0.25) is 10.0 Å². The lowest BCUT2D eigenvalue weighted by atomic mass is 9.95. The molecule has 2 aliphatic heterocycles. The van der Waals surface area contributed by atoms with E-state index in [0.717, 1.165) is 19.6 Å². The smallest absolute Gasteiger partial charge is 0.295 e. The summed E-state index contributed by atoms with van der Waals surface area (Å²) in [6.07, 6.45) is 0.679. The Morgan fingerprint density at radius 2 is 1.88 bits per heavy atom. The number of carbonyl (C=O) groups excluding carboxylic acids is 2. The molecule has 4 rings (SSSR count). The van der Waals surface area contributed by atoms with E-state index in [2.05, 4.69) is 4.90 Å². The lowest BCUT2D eigenvalue weighted by molar-refractivity contribution is -0.140. The number of amides is 1. The first-order valence-electron chi connectivity index (χ1n) is 11.1. The normalized spacial score (nSPS) is 20.7. The van der Waals surface area contributed by atoms with Gasteiger partial charge in [-0.2, -0.15) is 0 Å². The topological polar surface area (TPSA) is 79.3 Å². The molecule has 0 aliphatic carbocycles. The summed E-state index contributed by atoms with van der Waals surface area (Å²) in [5, 5.41) is 11.9. The minimum atomic E-state index is -0.760. The number of benzene rings is 2. The van der Waals surface area contributed by atoms with Gasteiger partial charge in [-0.1, -0.05) is 35.3 Å². The molecular formula is C25H26Cl2N2O5. The van der Waals surface area contributed by atoms with Crippen LogP contribution in [0.15, 0.2) is 48.0 Å². The quantitative estimate of drug-likeness (QED) is 0.346. The van der Waals surface area contributed by atoms with Gasteiger partial charge in [0.05, 0.1) is 37.0 Å². The number of rotatable bonds is 7. The molecular weight excluding hydrogens is 479 g/mol.